The lowest BCUT2D eigenvalue weighted by Crippen LogP contribution is -2.11. The molecule has 7 heteroatoms. The summed E-state index contributed by atoms with van der Waals surface area (Å²) in [4.78, 5) is 14.3. The summed E-state index contributed by atoms with van der Waals surface area (Å²) < 4.78 is 42.0. The first-order valence-corrected chi connectivity index (χ1v) is 4.07. The van der Waals surface area contributed by atoms with Gasteiger partial charge < -0.3 is 4.74 Å². The van der Waals surface area contributed by atoms with Crippen LogP contribution in [0.5, 0.6) is 0 Å². The van der Waals surface area contributed by atoms with Crippen molar-refractivity contribution in [3.8, 4) is 0 Å². The highest BCUT2D eigenvalue weighted by Crippen LogP contribution is 2.27. The molecule has 0 saturated carbocycles. The highest BCUT2D eigenvalue weighted by atomic mass is 35.5. The molecular weight excluding hydrogens is 235 g/mol. The number of carbonyl (C=O) groups is 1. The number of carbonyl (C=O) groups excluding carboxylic acids is 1. The summed E-state index contributed by atoms with van der Waals surface area (Å²) in [6.45, 7) is 0. The first-order valence-electron chi connectivity index (χ1n) is 3.69. The van der Waals surface area contributed by atoms with Crippen molar-refractivity contribution in [3.05, 3.63) is 28.3 Å². The predicted molar refractivity (Wildman–Crippen MR) is 45.5 cm³/mol. The topological polar surface area (TPSA) is 39.2 Å². The largest absolute Gasteiger partial charge is 0.464 e. The highest BCUT2D eigenvalue weighted by Gasteiger charge is 2.25. The number of esters is 1. The Morgan fingerprint density at radius 2 is 2.20 bits per heavy atom. The molecule has 0 aliphatic rings. The molecule has 82 valence electrons. The average molecular weight is 240 g/mol. The van der Waals surface area contributed by atoms with Gasteiger partial charge in [0.25, 0.3) is 6.43 Å². The molecule has 1 aromatic heterocycles. The van der Waals surface area contributed by atoms with Crippen LogP contribution in [0.4, 0.5) is 13.2 Å². The van der Waals surface area contributed by atoms with Crippen molar-refractivity contribution < 1.29 is 22.7 Å². The summed E-state index contributed by atoms with van der Waals surface area (Å²) in [6.07, 6.45) is -3.16. The summed E-state index contributed by atoms with van der Waals surface area (Å²) in [5.74, 6) is -2.45. The Labute approximate surface area is 87.8 Å². The van der Waals surface area contributed by atoms with Crippen molar-refractivity contribution in [1.29, 1.82) is 0 Å². The fraction of sp³-hybridized carbons (Fsp3) is 0.250. The predicted octanol–water partition coefficient (Wildman–Crippen LogP) is 2.60. The number of rotatable bonds is 2. The van der Waals surface area contributed by atoms with E-state index in [1.54, 1.807) is 0 Å². The molecule has 0 atom stereocenters. The fourth-order valence-electron chi connectivity index (χ4n) is 0.955. The molecule has 0 saturated heterocycles. The fourth-order valence-corrected chi connectivity index (χ4v) is 1.13. The second-order valence-electron chi connectivity index (χ2n) is 2.48. The molecule has 0 aromatic carbocycles. The van der Waals surface area contributed by atoms with Gasteiger partial charge in [-0.25, -0.2) is 22.9 Å². The summed E-state index contributed by atoms with van der Waals surface area (Å²) >= 11 is 5.32. The Hall–Kier alpha value is -1.30. The van der Waals surface area contributed by atoms with E-state index in [0.29, 0.717) is 6.07 Å². The van der Waals surface area contributed by atoms with Crippen LogP contribution >= 0.6 is 11.6 Å². The SMILES string of the molecule is COC(=O)c1nc(Cl)cc(F)c1C(F)F. The van der Waals surface area contributed by atoms with Gasteiger partial charge in [-0.1, -0.05) is 11.6 Å². The van der Waals surface area contributed by atoms with Gasteiger partial charge in [-0.3, -0.25) is 0 Å². The van der Waals surface area contributed by atoms with Crippen molar-refractivity contribution in [2.24, 2.45) is 0 Å². The van der Waals surface area contributed by atoms with Crippen LogP contribution in [0.15, 0.2) is 6.07 Å². The first kappa shape index (κ1) is 11.8. The van der Waals surface area contributed by atoms with Crippen LogP contribution in [0.2, 0.25) is 5.15 Å². The van der Waals surface area contributed by atoms with E-state index in [0.717, 1.165) is 7.11 Å². The molecule has 1 rings (SSSR count). The van der Waals surface area contributed by atoms with Crippen molar-refractivity contribution >= 4 is 17.6 Å². The minimum Gasteiger partial charge on any atom is -0.464 e. The zero-order chi connectivity index (χ0) is 11.6. The highest BCUT2D eigenvalue weighted by molar-refractivity contribution is 6.29. The van der Waals surface area contributed by atoms with Gasteiger partial charge in [-0.15, -0.1) is 0 Å². The van der Waals surface area contributed by atoms with Crippen molar-refractivity contribution in [1.82, 2.24) is 4.98 Å². The molecule has 15 heavy (non-hydrogen) atoms. The summed E-state index contributed by atoms with van der Waals surface area (Å²) in [6, 6.07) is 0.607. The summed E-state index contributed by atoms with van der Waals surface area (Å²) in [5, 5.41) is -0.391. The smallest absolute Gasteiger partial charge is 0.357 e. The summed E-state index contributed by atoms with van der Waals surface area (Å²) in [5.41, 5.74) is -1.91. The van der Waals surface area contributed by atoms with Crippen molar-refractivity contribution in [3.63, 3.8) is 0 Å². The van der Waals surface area contributed by atoms with E-state index in [2.05, 4.69) is 9.72 Å². The number of pyridine rings is 1. The van der Waals surface area contributed by atoms with Crippen LogP contribution in [0.1, 0.15) is 22.5 Å². The van der Waals surface area contributed by atoms with Crippen LogP contribution in [0.25, 0.3) is 0 Å². The first-order chi connectivity index (χ1) is 6.97. The van der Waals surface area contributed by atoms with Crippen LogP contribution in [-0.2, 0) is 4.74 Å². The third kappa shape index (κ3) is 2.38. The standard InChI is InChI=1S/C8H5ClF3NO2/c1-15-8(14)6-5(7(11)12)3(10)2-4(9)13-6/h2,7H,1H3. The molecule has 3 nitrogen and oxygen atoms in total. The van der Waals surface area contributed by atoms with E-state index >= 15 is 0 Å². The third-order valence-electron chi connectivity index (χ3n) is 1.57. The number of hydrogen-bond donors (Lipinski definition) is 0. The lowest BCUT2D eigenvalue weighted by molar-refractivity contribution is 0.0579. The van der Waals surface area contributed by atoms with Gasteiger partial charge in [-0.2, -0.15) is 0 Å². The Morgan fingerprint density at radius 1 is 1.60 bits per heavy atom. The zero-order valence-electron chi connectivity index (χ0n) is 7.43. The maximum Gasteiger partial charge on any atom is 0.357 e. The molecule has 0 amide bonds. The number of methoxy groups -OCH3 is 1. The average Bonchev–Trinajstić information content (AvgIpc) is 2.14. The number of halogens is 4. The maximum absolute atomic E-state index is 13.0. The van der Waals surface area contributed by atoms with E-state index in [4.69, 9.17) is 11.6 Å². The van der Waals surface area contributed by atoms with Crippen LogP contribution < -0.4 is 0 Å². The Kier molecular flexibility index (Phi) is 3.52. The molecular formula is C8H5ClF3NO2. The van der Waals surface area contributed by atoms with E-state index in [9.17, 15) is 18.0 Å². The minimum absolute atomic E-state index is 0.391. The van der Waals surface area contributed by atoms with Crippen LogP contribution in [0.3, 0.4) is 0 Å². The number of aromatic nitrogens is 1. The molecule has 0 unspecified atom stereocenters. The van der Waals surface area contributed by atoms with E-state index in [-0.39, 0.29) is 0 Å². The second-order valence-corrected chi connectivity index (χ2v) is 2.87. The zero-order valence-corrected chi connectivity index (χ0v) is 8.19. The third-order valence-corrected chi connectivity index (χ3v) is 1.77. The quantitative estimate of drug-likeness (QED) is 0.588. The molecule has 0 fully saturated rings. The summed E-state index contributed by atoms with van der Waals surface area (Å²) in [7, 11) is 0.970. The lowest BCUT2D eigenvalue weighted by Gasteiger charge is -2.07. The second kappa shape index (κ2) is 4.48. The molecule has 0 aliphatic heterocycles. The van der Waals surface area contributed by atoms with Gasteiger partial charge >= 0.3 is 5.97 Å². The number of ether oxygens (including phenoxy) is 1. The van der Waals surface area contributed by atoms with Crippen LogP contribution in [0, 0.1) is 5.82 Å². The maximum atomic E-state index is 13.0. The Bertz CT molecular complexity index is 398. The van der Waals surface area contributed by atoms with Crippen LogP contribution in [-0.4, -0.2) is 18.1 Å². The molecule has 1 aromatic rings. The lowest BCUT2D eigenvalue weighted by atomic mass is 10.2. The van der Waals surface area contributed by atoms with Gasteiger partial charge in [0, 0.05) is 6.07 Å². The van der Waals surface area contributed by atoms with Gasteiger partial charge in [0.05, 0.1) is 12.7 Å². The van der Waals surface area contributed by atoms with E-state index < -0.39 is 34.6 Å². The van der Waals surface area contributed by atoms with E-state index in [1.165, 1.54) is 0 Å². The molecule has 1 heterocycles. The van der Waals surface area contributed by atoms with Gasteiger partial charge in [0.2, 0.25) is 0 Å². The minimum atomic E-state index is -3.16. The molecule has 0 spiro atoms. The normalized spacial score (nSPS) is 10.5. The van der Waals surface area contributed by atoms with Gasteiger partial charge in [0.15, 0.2) is 5.69 Å². The Balaban J connectivity index is 3.40. The number of nitrogens with zero attached hydrogens (tertiary/aromatic N) is 1. The molecule has 0 bridgehead atoms. The number of hydrogen-bond acceptors (Lipinski definition) is 3. The number of alkyl halides is 2. The van der Waals surface area contributed by atoms with E-state index in [1.807, 2.05) is 0 Å². The monoisotopic (exact) mass is 239 g/mol. The molecule has 0 aliphatic carbocycles. The molecule has 0 N–H and O–H groups in total. The molecule has 0 radical (unpaired) electrons. The van der Waals surface area contributed by atoms with Crippen molar-refractivity contribution in [2.45, 2.75) is 6.43 Å². The van der Waals surface area contributed by atoms with Crippen molar-refractivity contribution in [2.75, 3.05) is 7.11 Å². The Morgan fingerprint density at radius 3 is 2.67 bits per heavy atom. The van der Waals surface area contributed by atoms with Gasteiger partial charge in [-0.05, 0) is 0 Å². The van der Waals surface area contributed by atoms with Gasteiger partial charge in [0.1, 0.15) is 11.0 Å².